The molecule has 0 amide bonds. The zero-order chi connectivity index (χ0) is 31.2. The highest BCUT2D eigenvalue weighted by Crippen LogP contribution is 2.91. The third kappa shape index (κ3) is 3.85. The average molecular weight is 605 g/mol. The van der Waals surface area contributed by atoms with Gasteiger partial charge >= 0.3 is 0 Å². The fraction of sp³-hybridized carbons (Fsp3) is 1.00. The second-order valence-corrected chi connectivity index (χ2v) is 18.3. The summed E-state index contributed by atoms with van der Waals surface area (Å²) in [5, 5.41) is 42.9. The highest BCUT2D eigenvalue weighted by molar-refractivity contribution is 5.34. The summed E-state index contributed by atoms with van der Waals surface area (Å²) in [5.74, 6) is 1.90. The normalized spacial score (nSPS) is 59.2. The smallest absolute Gasteiger partial charge is 0.160 e. The molecule has 2 heterocycles. The van der Waals surface area contributed by atoms with Crippen LogP contribution in [0.2, 0.25) is 0 Å². The Morgan fingerprint density at radius 1 is 0.767 bits per heavy atom. The van der Waals surface area contributed by atoms with Crippen LogP contribution in [0, 0.1) is 50.7 Å². The van der Waals surface area contributed by atoms with Crippen LogP contribution in [0.15, 0.2) is 0 Å². The second-order valence-electron chi connectivity index (χ2n) is 18.3. The third-order valence-corrected chi connectivity index (χ3v) is 16.1. The van der Waals surface area contributed by atoms with E-state index in [0.717, 1.165) is 32.1 Å². The van der Waals surface area contributed by atoms with E-state index in [2.05, 4.69) is 41.5 Å². The summed E-state index contributed by atoms with van der Waals surface area (Å²) < 4.78 is 19.2. The van der Waals surface area contributed by atoms with Gasteiger partial charge in [-0.15, -0.1) is 0 Å². The molecule has 4 N–H and O–H groups in total. The molecule has 0 aromatic rings. The predicted octanol–water partition coefficient (Wildman–Crippen LogP) is 5.20. The molecule has 0 radical (unpaired) electrons. The van der Waals surface area contributed by atoms with Gasteiger partial charge in [0.05, 0.1) is 42.2 Å². The number of rotatable bonds is 4. The highest BCUT2D eigenvalue weighted by Gasteiger charge is 2.87. The highest BCUT2D eigenvalue weighted by atomic mass is 16.7. The van der Waals surface area contributed by atoms with Crippen LogP contribution in [0.3, 0.4) is 0 Å². The molecule has 7 aliphatic rings. The monoisotopic (exact) mass is 604 g/mol. The lowest BCUT2D eigenvalue weighted by Crippen LogP contribution is -2.59. The Bertz CT molecular complexity index is 1120. The van der Waals surface area contributed by atoms with E-state index in [-0.39, 0.29) is 47.1 Å². The van der Waals surface area contributed by atoms with Gasteiger partial charge in [-0.05, 0) is 123 Å². The van der Waals surface area contributed by atoms with E-state index in [4.69, 9.17) is 14.2 Å². The molecule has 7 rings (SSSR count). The van der Waals surface area contributed by atoms with Gasteiger partial charge in [-0.1, -0.05) is 34.6 Å². The molecule has 7 nitrogen and oxygen atoms in total. The van der Waals surface area contributed by atoms with Crippen molar-refractivity contribution in [1.82, 2.24) is 0 Å². The van der Waals surface area contributed by atoms with E-state index in [1.165, 1.54) is 25.7 Å². The van der Waals surface area contributed by atoms with Gasteiger partial charge in [0.25, 0.3) is 0 Å². The van der Waals surface area contributed by atoms with Crippen LogP contribution >= 0.6 is 0 Å². The van der Waals surface area contributed by atoms with Gasteiger partial charge in [-0.2, -0.15) is 0 Å². The van der Waals surface area contributed by atoms with Crippen molar-refractivity contribution in [2.45, 2.75) is 168 Å². The first-order chi connectivity index (χ1) is 19.9. The van der Waals surface area contributed by atoms with Crippen LogP contribution < -0.4 is 0 Å². The van der Waals surface area contributed by atoms with Crippen LogP contribution in [-0.4, -0.2) is 75.0 Å². The molecule has 7 fully saturated rings. The lowest BCUT2D eigenvalue weighted by Gasteiger charge is -2.64. The number of ether oxygens (including phenoxy) is 3. The van der Waals surface area contributed by atoms with Gasteiger partial charge < -0.3 is 34.6 Å². The first-order valence-corrected chi connectivity index (χ1v) is 17.6. The first-order valence-electron chi connectivity index (χ1n) is 17.6. The number of hydrogen-bond acceptors (Lipinski definition) is 7. The zero-order valence-electron chi connectivity index (χ0n) is 28.1. The summed E-state index contributed by atoms with van der Waals surface area (Å²) in [6.07, 6.45) is 7.25. The topological polar surface area (TPSA) is 109 Å². The van der Waals surface area contributed by atoms with Crippen LogP contribution in [0.1, 0.15) is 120 Å². The van der Waals surface area contributed by atoms with Gasteiger partial charge in [-0.25, -0.2) is 0 Å². The molecule has 43 heavy (non-hydrogen) atoms. The Hall–Kier alpha value is -0.280. The minimum absolute atomic E-state index is 0.0119. The Kier molecular flexibility index (Phi) is 6.86. The lowest BCUT2D eigenvalue weighted by atomic mass is 9.41. The number of hydrogen-bond donors (Lipinski definition) is 4. The van der Waals surface area contributed by atoms with E-state index >= 15 is 0 Å². The van der Waals surface area contributed by atoms with Crippen molar-refractivity contribution in [2.24, 2.45) is 50.7 Å². The van der Waals surface area contributed by atoms with Crippen molar-refractivity contribution in [2.75, 3.05) is 6.61 Å². The van der Waals surface area contributed by atoms with Gasteiger partial charge in [0, 0.05) is 12.3 Å². The Morgan fingerprint density at radius 2 is 1.44 bits per heavy atom. The molecule has 246 valence electrons. The predicted molar refractivity (Wildman–Crippen MR) is 163 cm³/mol. The SMILES string of the molecule is C[C@@H]1C23CC[C@H](O[C@H]4C[C@@H](O)[C@H](O)CO4)C(C)(C)C2CCC2[C@]4(C)C[C@H](O)C(C5(C)CCC(C(C)(C)O)O5)[C@@]4(C)CC[C@@]213. The summed E-state index contributed by atoms with van der Waals surface area (Å²) in [6, 6.07) is 0. The van der Waals surface area contributed by atoms with E-state index < -0.39 is 29.7 Å². The molecule has 6 unspecified atom stereocenters. The molecule has 0 aromatic carbocycles. The lowest BCUT2D eigenvalue weighted by molar-refractivity contribution is -0.265. The third-order valence-electron chi connectivity index (χ3n) is 16.1. The molecular formula is C36H60O7. The molecule has 2 saturated heterocycles. The zero-order valence-corrected chi connectivity index (χ0v) is 28.1. The van der Waals surface area contributed by atoms with E-state index in [1.54, 1.807) is 0 Å². The quantitative estimate of drug-likeness (QED) is 0.327. The van der Waals surface area contributed by atoms with Crippen molar-refractivity contribution >= 4 is 0 Å². The fourth-order valence-electron chi connectivity index (χ4n) is 14.1. The summed E-state index contributed by atoms with van der Waals surface area (Å²) >= 11 is 0. The minimum atomic E-state index is -0.879. The molecule has 5 aliphatic carbocycles. The Labute approximate surface area is 259 Å². The summed E-state index contributed by atoms with van der Waals surface area (Å²) in [7, 11) is 0. The minimum Gasteiger partial charge on any atom is -0.393 e. The van der Waals surface area contributed by atoms with E-state index in [1.807, 2.05) is 13.8 Å². The number of fused-ring (bicyclic) bond motifs is 2. The van der Waals surface area contributed by atoms with Gasteiger partial charge in [0.1, 0.15) is 6.10 Å². The number of aliphatic hydroxyl groups excluding tert-OH is 3. The van der Waals surface area contributed by atoms with E-state index in [0.29, 0.717) is 35.0 Å². The maximum Gasteiger partial charge on any atom is 0.160 e. The average Bonchev–Trinajstić information content (AvgIpc) is 3.12. The van der Waals surface area contributed by atoms with E-state index in [9.17, 15) is 20.4 Å². The molecule has 2 aliphatic heterocycles. The maximum absolute atomic E-state index is 12.0. The van der Waals surface area contributed by atoms with Crippen LogP contribution in [0.5, 0.6) is 0 Å². The summed E-state index contributed by atoms with van der Waals surface area (Å²) in [5.41, 5.74) is -0.653. The summed E-state index contributed by atoms with van der Waals surface area (Å²) in [4.78, 5) is 0. The molecular weight excluding hydrogens is 544 g/mol. The van der Waals surface area contributed by atoms with Crippen LogP contribution in [0.25, 0.3) is 0 Å². The molecule has 7 heteroatoms. The molecule has 0 aromatic heterocycles. The van der Waals surface area contributed by atoms with Gasteiger partial charge in [-0.3, -0.25) is 0 Å². The standard InChI is InChI=1S/C36H60O7/c1-20-35-14-12-26(42-28-17-21(37)23(39)19-41-28)30(2,3)24(35)9-10-25-33(7)18-22(38)29(32(33,6)15-16-36(20,25)35)34(8)13-11-27(43-34)31(4,5)40/h20-29,37-40H,9-19H2,1-8H3/t20-,21-,22+,23-,24?,25?,26+,27?,28+,29?,32-,33+,34?,35?,36+/m1/s1. The molecule has 15 atom stereocenters. The van der Waals surface area contributed by atoms with Crippen molar-refractivity contribution < 1.29 is 34.6 Å². The second kappa shape index (κ2) is 9.41. The van der Waals surface area contributed by atoms with Crippen molar-refractivity contribution in [3.05, 3.63) is 0 Å². The molecule has 0 bridgehead atoms. The van der Waals surface area contributed by atoms with Crippen LogP contribution in [-0.2, 0) is 14.2 Å². The number of aliphatic hydroxyl groups is 4. The maximum atomic E-state index is 12.0. The van der Waals surface area contributed by atoms with Crippen molar-refractivity contribution in [1.29, 1.82) is 0 Å². The van der Waals surface area contributed by atoms with Crippen molar-refractivity contribution in [3.63, 3.8) is 0 Å². The Balaban J connectivity index is 1.15. The molecule has 2 spiro atoms. The van der Waals surface area contributed by atoms with Gasteiger partial charge in [0.2, 0.25) is 0 Å². The fourth-order valence-corrected chi connectivity index (χ4v) is 14.1. The van der Waals surface area contributed by atoms with Crippen LogP contribution in [0.4, 0.5) is 0 Å². The molecule has 5 saturated carbocycles. The van der Waals surface area contributed by atoms with Gasteiger partial charge in [0.15, 0.2) is 6.29 Å². The summed E-state index contributed by atoms with van der Waals surface area (Å²) in [6.45, 7) is 18.5. The van der Waals surface area contributed by atoms with Crippen molar-refractivity contribution in [3.8, 4) is 0 Å². The largest absolute Gasteiger partial charge is 0.393 e. The first kappa shape index (κ1) is 31.3. The Morgan fingerprint density at radius 3 is 2.09 bits per heavy atom.